The number of benzene rings is 1. The first-order valence-electron chi connectivity index (χ1n) is 5.60. The molecule has 0 bridgehead atoms. The molecule has 0 saturated carbocycles. The second-order valence-corrected chi connectivity index (χ2v) is 4.57. The molecule has 1 heterocycles. The van der Waals surface area contributed by atoms with E-state index >= 15 is 0 Å². The highest BCUT2D eigenvalue weighted by Crippen LogP contribution is 2.24. The summed E-state index contributed by atoms with van der Waals surface area (Å²) in [6, 6.07) is 6.11. The average molecular weight is 237 g/mol. The molecule has 3 heteroatoms. The molecular weight excluding hydrogens is 220 g/mol. The molecule has 0 spiro atoms. The average Bonchev–Trinajstić information content (AvgIpc) is 2.56. The van der Waals surface area contributed by atoms with Crippen LogP contribution in [0, 0.1) is 0 Å². The summed E-state index contributed by atoms with van der Waals surface area (Å²) in [6.07, 6.45) is 4.48. The third-order valence-electron chi connectivity index (χ3n) is 2.91. The van der Waals surface area contributed by atoms with Crippen molar-refractivity contribution < 1.29 is 0 Å². The van der Waals surface area contributed by atoms with Crippen molar-refractivity contribution in [3.8, 4) is 0 Å². The van der Waals surface area contributed by atoms with E-state index in [0.717, 1.165) is 24.4 Å². The summed E-state index contributed by atoms with van der Waals surface area (Å²) in [5.74, 6) is 0. The lowest BCUT2D eigenvalue weighted by Gasteiger charge is -1.99. The fourth-order valence-electron chi connectivity index (χ4n) is 2.10. The van der Waals surface area contributed by atoms with E-state index in [1.165, 1.54) is 16.5 Å². The van der Waals surface area contributed by atoms with Crippen LogP contribution in [0.3, 0.4) is 0 Å². The molecule has 16 heavy (non-hydrogen) atoms. The van der Waals surface area contributed by atoms with Crippen LogP contribution in [0.1, 0.15) is 12.0 Å². The molecule has 1 aromatic heterocycles. The molecule has 86 valence electrons. The number of fused-ring (bicyclic) bond motifs is 1. The first-order valence-corrected chi connectivity index (χ1v) is 5.98. The quantitative estimate of drug-likeness (QED) is 0.808. The minimum atomic E-state index is 0.801. The second kappa shape index (κ2) is 4.89. The zero-order valence-electron chi connectivity index (χ0n) is 9.76. The summed E-state index contributed by atoms with van der Waals surface area (Å²) in [6.45, 7) is 1.06. The van der Waals surface area contributed by atoms with Crippen molar-refractivity contribution in [3.63, 3.8) is 0 Å². The van der Waals surface area contributed by atoms with Crippen molar-refractivity contribution in [2.45, 2.75) is 12.8 Å². The predicted octanol–water partition coefficient (Wildman–Crippen LogP) is 2.98. The topological polar surface area (TPSA) is 17.0 Å². The molecule has 1 N–H and O–H groups in total. The highest BCUT2D eigenvalue weighted by atomic mass is 35.5. The highest BCUT2D eigenvalue weighted by Gasteiger charge is 2.06. The van der Waals surface area contributed by atoms with Crippen LogP contribution in [-0.4, -0.2) is 18.2 Å². The highest BCUT2D eigenvalue weighted by molar-refractivity contribution is 6.31. The molecular formula is C13H17ClN2. The Morgan fingerprint density at radius 1 is 1.38 bits per heavy atom. The molecule has 0 saturated heterocycles. The maximum atomic E-state index is 6.00. The Labute approximate surface area is 101 Å². The van der Waals surface area contributed by atoms with Crippen LogP contribution in [0.2, 0.25) is 5.02 Å². The number of nitrogens with one attached hydrogen (secondary N) is 1. The lowest BCUT2D eigenvalue weighted by atomic mass is 10.1. The van der Waals surface area contributed by atoms with Gasteiger partial charge in [0.1, 0.15) is 0 Å². The Bertz CT molecular complexity index is 488. The maximum Gasteiger partial charge on any atom is 0.0495 e. The summed E-state index contributed by atoms with van der Waals surface area (Å²) < 4.78 is 2.15. The van der Waals surface area contributed by atoms with Gasteiger partial charge >= 0.3 is 0 Å². The van der Waals surface area contributed by atoms with Crippen molar-refractivity contribution in [2.75, 3.05) is 13.6 Å². The van der Waals surface area contributed by atoms with E-state index in [1.54, 1.807) is 0 Å². The predicted molar refractivity (Wildman–Crippen MR) is 70.2 cm³/mol. The second-order valence-electron chi connectivity index (χ2n) is 4.13. The smallest absolute Gasteiger partial charge is 0.0495 e. The van der Waals surface area contributed by atoms with Crippen molar-refractivity contribution in [3.05, 3.63) is 35.0 Å². The molecule has 0 fully saturated rings. The van der Waals surface area contributed by atoms with Gasteiger partial charge in [-0.2, -0.15) is 0 Å². The minimum Gasteiger partial charge on any atom is -0.350 e. The summed E-state index contributed by atoms with van der Waals surface area (Å²) >= 11 is 6.00. The van der Waals surface area contributed by atoms with Crippen LogP contribution in [0.15, 0.2) is 24.4 Å². The molecule has 0 aliphatic heterocycles. The van der Waals surface area contributed by atoms with Gasteiger partial charge < -0.3 is 9.88 Å². The first-order chi connectivity index (χ1) is 7.72. The normalized spacial score (nSPS) is 11.2. The molecule has 2 aromatic rings. The van der Waals surface area contributed by atoms with Crippen LogP contribution in [0.5, 0.6) is 0 Å². The van der Waals surface area contributed by atoms with Crippen molar-refractivity contribution >= 4 is 22.5 Å². The van der Waals surface area contributed by atoms with Crippen LogP contribution >= 0.6 is 11.6 Å². The summed E-state index contributed by atoms with van der Waals surface area (Å²) in [5, 5.41) is 5.30. The van der Waals surface area contributed by atoms with E-state index < -0.39 is 0 Å². The molecule has 0 amide bonds. The van der Waals surface area contributed by atoms with Crippen LogP contribution in [0.4, 0.5) is 0 Å². The van der Waals surface area contributed by atoms with Gasteiger partial charge in [0.05, 0.1) is 0 Å². The zero-order chi connectivity index (χ0) is 11.5. The van der Waals surface area contributed by atoms with Gasteiger partial charge in [-0.15, -0.1) is 0 Å². The summed E-state index contributed by atoms with van der Waals surface area (Å²) in [7, 11) is 4.06. The van der Waals surface area contributed by atoms with Crippen molar-refractivity contribution in [1.82, 2.24) is 9.88 Å². The minimum absolute atomic E-state index is 0.801. The third-order valence-corrected chi connectivity index (χ3v) is 3.14. The number of aryl methyl sites for hydroxylation is 2. The van der Waals surface area contributed by atoms with Gasteiger partial charge in [0.25, 0.3) is 0 Å². The lowest BCUT2D eigenvalue weighted by Crippen LogP contribution is -2.08. The van der Waals surface area contributed by atoms with Gasteiger partial charge in [-0.25, -0.2) is 0 Å². The van der Waals surface area contributed by atoms with Gasteiger partial charge in [0.15, 0.2) is 0 Å². The van der Waals surface area contributed by atoms with Gasteiger partial charge in [-0.3, -0.25) is 0 Å². The van der Waals surface area contributed by atoms with E-state index in [9.17, 15) is 0 Å². The molecule has 0 aliphatic carbocycles. The van der Waals surface area contributed by atoms with Gasteiger partial charge in [-0.05, 0) is 44.1 Å². The Morgan fingerprint density at radius 2 is 2.19 bits per heavy atom. The number of aromatic nitrogens is 1. The monoisotopic (exact) mass is 236 g/mol. The fraction of sp³-hybridized carbons (Fsp3) is 0.385. The maximum absolute atomic E-state index is 6.00. The Morgan fingerprint density at radius 3 is 2.94 bits per heavy atom. The van der Waals surface area contributed by atoms with Gasteiger partial charge in [-0.1, -0.05) is 17.7 Å². The third kappa shape index (κ3) is 2.23. The van der Waals surface area contributed by atoms with E-state index in [1.807, 2.05) is 19.2 Å². The Balaban J connectivity index is 2.32. The molecule has 0 radical (unpaired) electrons. The lowest BCUT2D eigenvalue weighted by molar-refractivity contribution is 0.725. The van der Waals surface area contributed by atoms with Crippen molar-refractivity contribution in [2.24, 2.45) is 7.05 Å². The van der Waals surface area contributed by atoms with Crippen LogP contribution in [-0.2, 0) is 13.5 Å². The molecule has 0 unspecified atom stereocenters. The molecule has 2 rings (SSSR count). The van der Waals surface area contributed by atoms with E-state index in [4.69, 9.17) is 11.6 Å². The molecule has 0 aliphatic rings. The largest absolute Gasteiger partial charge is 0.350 e. The number of hydrogen-bond donors (Lipinski definition) is 1. The zero-order valence-corrected chi connectivity index (χ0v) is 10.5. The number of halogens is 1. The Hall–Kier alpha value is -0.990. The van der Waals surface area contributed by atoms with E-state index in [-0.39, 0.29) is 0 Å². The van der Waals surface area contributed by atoms with Gasteiger partial charge in [0.2, 0.25) is 0 Å². The van der Waals surface area contributed by atoms with Crippen LogP contribution < -0.4 is 5.32 Å². The summed E-state index contributed by atoms with van der Waals surface area (Å²) in [4.78, 5) is 0. The van der Waals surface area contributed by atoms with Gasteiger partial charge in [0, 0.05) is 29.2 Å². The molecule has 1 aromatic carbocycles. The van der Waals surface area contributed by atoms with Crippen LogP contribution in [0.25, 0.3) is 10.9 Å². The fourth-order valence-corrected chi connectivity index (χ4v) is 2.26. The summed E-state index contributed by atoms with van der Waals surface area (Å²) in [5.41, 5.74) is 2.62. The van der Waals surface area contributed by atoms with E-state index in [2.05, 4.69) is 29.2 Å². The standard InChI is InChI=1S/C13H17ClN2/c1-15-7-3-4-10-9-16(2)13-8-11(14)5-6-12(10)13/h5-6,8-9,15H,3-4,7H2,1-2H3. The van der Waals surface area contributed by atoms with E-state index in [0.29, 0.717) is 0 Å². The molecule has 0 atom stereocenters. The first kappa shape index (κ1) is 11.5. The Kier molecular flexibility index (Phi) is 3.52. The SMILES string of the molecule is CNCCCc1cn(C)c2cc(Cl)ccc12. The number of rotatable bonds is 4. The van der Waals surface area contributed by atoms with Crippen molar-refractivity contribution in [1.29, 1.82) is 0 Å². The molecule has 2 nitrogen and oxygen atoms in total. The number of nitrogens with zero attached hydrogens (tertiary/aromatic N) is 1. The number of hydrogen-bond acceptors (Lipinski definition) is 1.